The number of hydrogen-bond donors (Lipinski definition) is 6. The third-order valence-corrected chi connectivity index (χ3v) is 4.16. The summed E-state index contributed by atoms with van der Waals surface area (Å²) in [5, 5.41) is 16.5. The summed E-state index contributed by atoms with van der Waals surface area (Å²) in [5.74, 6) is -2.81. The Balaban J connectivity index is 2.52. The van der Waals surface area contributed by atoms with Gasteiger partial charge in [-0.25, -0.2) is 9.78 Å². The zero-order valence-corrected chi connectivity index (χ0v) is 17.1. The minimum absolute atomic E-state index is 0.0718. The number of nitrogens with two attached hydrogens (primary N) is 1. The zero-order chi connectivity index (χ0) is 22.1. The summed E-state index contributed by atoms with van der Waals surface area (Å²) in [6.07, 6.45) is 3.51. The summed E-state index contributed by atoms with van der Waals surface area (Å²) in [5.41, 5.74) is 6.50. The standard InChI is InChI=1S/C18H30N6O5/c1-9(2)5-14(18(28)29)24-16(26)11(4)22-15(25)10(3)23-17(27)13(19)6-12-7-20-8-21-12/h7-11,13-14H,5-6,19H2,1-4H3,(H,20,21)(H,22,25)(H,23,27)(H,24,26)(H,28,29). The van der Waals surface area contributed by atoms with E-state index < -0.39 is 47.9 Å². The number of aliphatic carboxylic acids is 1. The van der Waals surface area contributed by atoms with Crippen LogP contribution in [0.25, 0.3) is 0 Å². The van der Waals surface area contributed by atoms with Crippen molar-refractivity contribution in [3.05, 3.63) is 18.2 Å². The van der Waals surface area contributed by atoms with Gasteiger partial charge in [-0.05, 0) is 26.2 Å². The van der Waals surface area contributed by atoms with Gasteiger partial charge >= 0.3 is 5.97 Å². The van der Waals surface area contributed by atoms with Crippen molar-refractivity contribution >= 4 is 23.7 Å². The molecule has 0 aliphatic heterocycles. The Kier molecular flexibility index (Phi) is 9.26. The lowest BCUT2D eigenvalue weighted by molar-refractivity contribution is -0.142. The molecule has 11 heteroatoms. The molecule has 0 aliphatic rings. The first-order valence-corrected chi connectivity index (χ1v) is 9.38. The highest BCUT2D eigenvalue weighted by molar-refractivity contribution is 5.93. The van der Waals surface area contributed by atoms with Crippen LogP contribution in [0.1, 0.15) is 39.8 Å². The van der Waals surface area contributed by atoms with Gasteiger partial charge in [-0.2, -0.15) is 0 Å². The molecule has 0 radical (unpaired) electrons. The normalized spacial score (nSPS) is 15.1. The number of aromatic amines is 1. The second kappa shape index (κ2) is 11.1. The quantitative estimate of drug-likeness (QED) is 0.268. The van der Waals surface area contributed by atoms with Crippen molar-refractivity contribution in [1.82, 2.24) is 25.9 Å². The van der Waals surface area contributed by atoms with Gasteiger partial charge < -0.3 is 31.8 Å². The highest BCUT2D eigenvalue weighted by Gasteiger charge is 2.26. The van der Waals surface area contributed by atoms with Gasteiger partial charge in [-0.1, -0.05) is 13.8 Å². The van der Waals surface area contributed by atoms with E-state index in [-0.39, 0.29) is 18.8 Å². The lowest BCUT2D eigenvalue weighted by atomic mass is 10.0. The van der Waals surface area contributed by atoms with Crippen molar-refractivity contribution in [1.29, 1.82) is 0 Å². The number of hydrogen-bond acceptors (Lipinski definition) is 6. The van der Waals surface area contributed by atoms with Crippen molar-refractivity contribution in [3.63, 3.8) is 0 Å². The van der Waals surface area contributed by atoms with Crippen LogP contribution in [-0.2, 0) is 25.6 Å². The Morgan fingerprint density at radius 3 is 2.07 bits per heavy atom. The van der Waals surface area contributed by atoms with Crippen LogP contribution in [0, 0.1) is 5.92 Å². The Labute approximate surface area is 169 Å². The second-order valence-corrected chi connectivity index (χ2v) is 7.38. The Bertz CT molecular complexity index is 706. The average molecular weight is 410 g/mol. The van der Waals surface area contributed by atoms with Crippen LogP contribution in [0.3, 0.4) is 0 Å². The van der Waals surface area contributed by atoms with E-state index in [2.05, 4.69) is 25.9 Å². The van der Waals surface area contributed by atoms with Gasteiger partial charge in [0.05, 0.1) is 12.4 Å². The van der Waals surface area contributed by atoms with Crippen LogP contribution < -0.4 is 21.7 Å². The number of carboxylic acid groups (broad SMARTS) is 1. The topological polar surface area (TPSA) is 179 Å². The van der Waals surface area contributed by atoms with Gasteiger partial charge in [0.1, 0.15) is 18.1 Å². The van der Waals surface area contributed by atoms with Crippen molar-refractivity contribution in [2.75, 3.05) is 0 Å². The number of H-pyrrole nitrogens is 1. The van der Waals surface area contributed by atoms with E-state index in [0.717, 1.165) is 0 Å². The summed E-state index contributed by atoms with van der Waals surface area (Å²) in [4.78, 5) is 54.5. The molecule has 29 heavy (non-hydrogen) atoms. The molecule has 1 aromatic heterocycles. The number of carbonyl (C=O) groups is 4. The van der Waals surface area contributed by atoms with E-state index in [0.29, 0.717) is 5.69 Å². The molecule has 0 aliphatic carbocycles. The molecule has 0 spiro atoms. The summed E-state index contributed by atoms with van der Waals surface area (Å²) < 4.78 is 0. The van der Waals surface area contributed by atoms with E-state index in [4.69, 9.17) is 5.73 Å². The number of amides is 3. The molecule has 1 heterocycles. The SMILES string of the molecule is CC(C)CC(NC(=O)C(C)NC(=O)C(C)NC(=O)C(N)Cc1cnc[nH]1)C(=O)O. The Morgan fingerprint density at radius 2 is 1.59 bits per heavy atom. The first kappa shape index (κ1) is 24.1. The fourth-order valence-corrected chi connectivity index (χ4v) is 2.51. The van der Waals surface area contributed by atoms with Crippen molar-refractivity contribution < 1.29 is 24.3 Å². The van der Waals surface area contributed by atoms with Crippen LogP contribution in [0.5, 0.6) is 0 Å². The maximum Gasteiger partial charge on any atom is 0.326 e. The van der Waals surface area contributed by atoms with Gasteiger partial charge in [0.2, 0.25) is 17.7 Å². The van der Waals surface area contributed by atoms with E-state index in [9.17, 15) is 24.3 Å². The molecule has 7 N–H and O–H groups in total. The van der Waals surface area contributed by atoms with Crippen molar-refractivity contribution in [3.8, 4) is 0 Å². The molecular formula is C18H30N6O5. The molecule has 1 aromatic rings. The Hall–Kier alpha value is -2.95. The third-order valence-electron chi connectivity index (χ3n) is 4.16. The molecule has 11 nitrogen and oxygen atoms in total. The lowest BCUT2D eigenvalue weighted by Crippen LogP contribution is -2.55. The summed E-state index contributed by atoms with van der Waals surface area (Å²) >= 11 is 0. The number of nitrogens with zero attached hydrogens (tertiary/aromatic N) is 1. The monoisotopic (exact) mass is 410 g/mol. The third kappa shape index (κ3) is 8.30. The number of aromatic nitrogens is 2. The molecule has 1 rings (SSSR count). The molecule has 0 bridgehead atoms. The minimum atomic E-state index is -1.14. The Morgan fingerprint density at radius 1 is 1.03 bits per heavy atom. The van der Waals surface area contributed by atoms with Crippen LogP contribution in [0.15, 0.2) is 12.5 Å². The number of nitrogens with one attached hydrogen (secondary N) is 4. The van der Waals surface area contributed by atoms with Crippen molar-refractivity contribution in [2.24, 2.45) is 11.7 Å². The largest absolute Gasteiger partial charge is 0.480 e. The molecule has 0 fully saturated rings. The van der Waals surface area contributed by atoms with Gasteiger partial charge in [-0.3, -0.25) is 14.4 Å². The summed E-state index contributed by atoms with van der Waals surface area (Å²) in [6, 6.07) is -3.83. The molecule has 3 amide bonds. The molecule has 162 valence electrons. The van der Waals surface area contributed by atoms with Crippen LogP contribution >= 0.6 is 0 Å². The minimum Gasteiger partial charge on any atom is -0.480 e. The maximum atomic E-state index is 12.3. The number of rotatable bonds is 11. The highest BCUT2D eigenvalue weighted by Crippen LogP contribution is 2.05. The number of carboxylic acids is 1. The predicted octanol–water partition coefficient (Wildman–Crippen LogP) is -1.10. The van der Waals surface area contributed by atoms with Crippen LogP contribution in [0.4, 0.5) is 0 Å². The van der Waals surface area contributed by atoms with Gasteiger partial charge in [-0.15, -0.1) is 0 Å². The number of carbonyl (C=O) groups excluding carboxylic acids is 3. The first-order valence-electron chi connectivity index (χ1n) is 9.38. The molecule has 0 saturated carbocycles. The summed E-state index contributed by atoms with van der Waals surface area (Å²) in [6.45, 7) is 6.57. The first-order chi connectivity index (χ1) is 13.5. The molecule has 0 aromatic carbocycles. The molecule has 4 unspecified atom stereocenters. The van der Waals surface area contributed by atoms with Gasteiger partial charge in [0.25, 0.3) is 0 Å². The second-order valence-electron chi connectivity index (χ2n) is 7.38. The van der Waals surface area contributed by atoms with Crippen LogP contribution in [-0.4, -0.2) is 62.9 Å². The molecular weight excluding hydrogens is 380 g/mol. The molecule has 4 atom stereocenters. The van der Waals surface area contributed by atoms with Crippen LogP contribution in [0.2, 0.25) is 0 Å². The van der Waals surface area contributed by atoms with Gasteiger partial charge in [0.15, 0.2) is 0 Å². The highest BCUT2D eigenvalue weighted by atomic mass is 16.4. The summed E-state index contributed by atoms with van der Waals surface area (Å²) in [7, 11) is 0. The van der Waals surface area contributed by atoms with E-state index >= 15 is 0 Å². The van der Waals surface area contributed by atoms with Gasteiger partial charge in [0, 0.05) is 18.3 Å². The van der Waals surface area contributed by atoms with E-state index in [1.807, 2.05) is 13.8 Å². The fraction of sp³-hybridized carbons (Fsp3) is 0.611. The smallest absolute Gasteiger partial charge is 0.326 e. The fourth-order valence-electron chi connectivity index (χ4n) is 2.51. The molecule has 0 saturated heterocycles. The predicted molar refractivity (Wildman–Crippen MR) is 104 cm³/mol. The van der Waals surface area contributed by atoms with E-state index in [1.165, 1.54) is 20.2 Å². The zero-order valence-electron chi connectivity index (χ0n) is 17.1. The average Bonchev–Trinajstić information content (AvgIpc) is 3.13. The lowest BCUT2D eigenvalue weighted by Gasteiger charge is -2.22. The number of imidazole rings is 1. The maximum absolute atomic E-state index is 12.3. The van der Waals surface area contributed by atoms with Crippen molar-refractivity contribution in [2.45, 2.75) is 64.7 Å². The van der Waals surface area contributed by atoms with E-state index in [1.54, 1.807) is 6.20 Å².